The molecular weight excluding hydrogens is 314 g/mol. The second-order valence-electron chi connectivity index (χ2n) is 4.57. The van der Waals surface area contributed by atoms with E-state index in [0.29, 0.717) is 23.0 Å². The highest BCUT2D eigenvalue weighted by Crippen LogP contribution is 2.18. The molecule has 1 rings (SSSR count). The molecule has 1 unspecified atom stereocenters. The van der Waals surface area contributed by atoms with Crippen molar-refractivity contribution in [1.29, 1.82) is 0 Å². The Morgan fingerprint density at radius 3 is 2.89 bits per heavy atom. The molecule has 100 valence electrons. The topological polar surface area (TPSA) is 29.1 Å². The fraction of sp³-hybridized carbons (Fsp3) is 0.500. The molecule has 4 heteroatoms. The highest BCUT2D eigenvalue weighted by molar-refractivity contribution is 9.09. The van der Waals surface area contributed by atoms with Crippen molar-refractivity contribution in [3.05, 3.63) is 34.3 Å². The first-order chi connectivity index (χ1) is 8.56. The molecule has 0 saturated heterocycles. The molecule has 0 aromatic heterocycles. The molecule has 0 spiro atoms. The van der Waals surface area contributed by atoms with Crippen LogP contribution < -0.4 is 5.32 Å². The minimum absolute atomic E-state index is 0.0403. The number of hydrogen-bond donors (Lipinski definition) is 1. The number of hydrogen-bond acceptors (Lipinski definition) is 1. The molecule has 0 saturated carbocycles. The second-order valence-corrected chi connectivity index (χ2v) is 5.62. The maximum atomic E-state index is 12.0. The Bertz CT molecular complexity index is 409. The molecule has 18 heavy (non-hydrogen) atoms. The largest absolute Gasteiger partial charge is 0.352 e. The van der Waals surface area contributed by atoms with Gasteiger partial charge in [-0.15, -0.1) is 0 Å². The van der Waals surface area contributed by atoms with Crippen LogP contribution in [0.2, 0.25) is 5.02 Å². The number of benzene rings is 1. The molecule has 1 N–H and O–H groups in total. The molecule has 0 aliphatic heterocycles. The third-order valence-electron chi connectivity index (χ3n) is 2.93. The van der Waals surface area contributed by atoms with Crippen LogP contribution in [0.4, 0.5) is 0 Å². The maximum absolute atomic E-state index is 12.0. The lowest BCUT2D eigenvalue weighted by Crippen LogP contribution is -2.25. The van der Waals surface area contributed by atoms with Crippen LogP contribution in [0.1, 0.15) is 35.7 Å². The molecule has 1 aromatic carbocycles. The number of nitrogens with one attached hydrogen (secondary N) is 1. The Morgan fingerprint density at radius 1 is 1.50 bits per heavy atom. The quantitative estimate of drug-likeness (QED) is 0.614. The Hall–Kier alpha value is -0.540. The highest BCUT2D eigenvalue weighted by atomic mass is 79.9. The third-order valence-corrected chi connectivity index (χ3v) is 4.45. The van der Waals surface area contributed by atoms with Crippen LogP contribution in [0, 0.1) is 12.8 Å². The summed E-state index contributed by atoms with van der Waals surface area (Å²) in [5.74, 6) is 0.608. The molecule has 1 amide bonds. The molecule has 0 aliphatic carbocycles. The number of alkyl halides is 1. The molecule has 1 atom stereocenters. The van der Waals surface area contributed by atoms with Gasteiger partial charge in [-0.25, -0.2) is 0 Å². The predicted molar refractivity (Wildman–Crippen MR) is 80.7 cm³/mol. The fourth-order valence-corrected chi connectivity index (χ4v) is 2.18. The lowest BCUT2D eigenvalue weighted by molar-refractivity contribution is 0.0952. The summed E-state index contributed by atoms with van der Waals surface area (Å²) >= 11 is 9.44. The van der Waals surface area contributed by atoms with E-state index in [9.17, 15) is 4.79 Å². The first-order valence-corrected chi connectivity index (χ1v) is 7.65. The van der Waals surface area contributed by atoms with Gasteiger partial charge < -0.3 is 5.32 Å². The van der Waals surface area contributed by atoms with Gasteiger partial charge in [0.25, 0.3) is 5.91 Å². The van der Waals surface area contributed by atoms with Crippen molar-refractivity contribution in [3.63, 3.8) is 0 Å². The normalized spacial score (nSPS) is 12.2. The summed E-state index contributed by atoms with van der Waals surface area (Å²) in [5, 5.41) is 4.58. The molecule has 0 bridgehead atoms. The van der Waals surface area contributed by atoms with Crippen LogP contribution in [-0.2, 0) is 0 Å². The van der Waals surface area contributed by atoms with Gasteiger partial charge in [-0.2, -0.15) is 0 Å². The molecule has 0 aliphatic rings. The summed E-state index contributed by atoms with van der Waals surface area (Å²) in [6.45, 7) is 4.77. The minimum atomic E-state index is -0.0403. The van der Waals surface area contributed by atoms with Crippen LogP contribution in [0.15, 0.2) is 18.2 Å². The fourth-order valence-electron chi connectivity index (χ4n) is 1.68. The van der Waals surface area contributed by atoms with Gasteiger partial charge in [0.1, 0.15) is 0 Å². The van der Waals surface area contributed by atoms with Crippen LogP contribution in [-0.4, -0.2) is 17.8 Å². The smallest absolute Gasteiger partial charge is 0.251 e. The molecule has 2 nitrogen and oxygen atoms in total. The van der Waals surface area contributed by atoms with Gasteiger partial charge in [0.2, 0.25) is 0 Å². The van der Waals surface area contributed by atoms with Gasteiger partial charge >= 0.3 is 0 Å². The number of carbonyl (C=O) groups excluding carboxylic acids is 1. The van der Waals surface area contributed by atoms with E-state index in [1.165, 1.54) is 0 Å². The summed E-state index contributed by atoms with van der Waals surface area (Å²) in [6.07, 6.45) is 2.11. The Kier molecular flexibility index (Phi) is 6.72. The summed E-state index contributed by atoms with van der Waals surface area (Å²) < 4.78 is 0. The zero-order chi connectivity index (χ0) is 13.5. The average molecular weight is 333 g/mol. The van der Waals surface area contributed by atoms with Crippen LogP contribution in [0.3, 0.4) is 0 Å². The zero-order valence-electron chi connectivity index (χ0n) is 10.8. The molecule has 1 aromatic rings. The van der Waals surface area contributed by atoms with Gasteiger partial charge in [-0.1, -0.05) is 40.5 Å². The van der Waals surface area contributed by atoms with E-state index >= 15 is 0 Å². The number of halogens is 2. The number of carbonyl (C=O) groups is 1. The molecule has 0 fully saturated rings. The highest BCUT2D eigenvalue weighted by Gasteiger charge is 2.10. The van der Waals surface area contributed by atoms with Crippen LogP contribution in [0.5, 0.6) is 0 Å². The van der Waals surface area contributed by atoms with Gasteiger partial charge in [-0.3, -0.25) is 4.79 Å². The summed E-state index contributed by atoms with van der Waals surface area (Å²) in [7, 11) is 0. The Labute approximate surface area is 122 Å². The Morgan fingerprint density at radius 2 is 2.22 bits per heavy atom. The van der Waals surface area contributed by atoms with E-state index in [-0.39, 0.29) is 5.91 Å². The molecule has 0 heterocycles. The van der Waals surface area contributed by atoms with Crippen molar-refractivity contribution < 1.29 is 4.79 Å². The monoisotopic (exact) mass is 331 g/mol. The molecular formula is C14H19BrClNO. The van der Waals surface area contributed by atoms with Crippen molar-refractivity contribution >= 4 is 33.4 Å². The van der Waals surface area contributed by atoms with Gasteiger partial charge in [0, 0.05) is 22.5 Å². The van der Waals surface area contributed by atoms with E-state index in [1.807, 2.05) is 6.92 Å². The lowest BCUT2D eigenvalue weighted by Gasteiger charge is -2.10. The first-order valence-electron chi connectivity index (χ1n) is 6.15. The standard InChI is InChI=1S/C14H19BrClNO/c1-10(9-15)5-4-8-17-14(18)12-6-3-7-13(16)11(12)2/h3,6-7,10H,4-5,8-9H2,1-2H3,(H,17,18). The minimum Gasteiger partial charge on any atom is -0.352 e. The van der Waals surface area contributed by atoms with E-state index in [0.717, 1.165) is 23.7 Å². The van der Waals surface area contributed by atoms with E-state index < -0.39 is 0 Å². The first kappa shape index (κ1) is 15.5. The van der Waals surface area contributed by atoms with Crippen LogP contribution >= 0.6 is 27.5 Å². The number of rotatable bonds is 6. The number of amides is 1. The van der Waals surface area contributed by atoms with Crippen molar-refractivity contribution in [1.82, 2.24) is 5.32 Å². The van der Waals surface area contributed by atoms with Crippen molar-refractivity contribution in [3.8, 4) is 0 Å². The average Bonchev–Trinajstić information content (AvgIpc) is 2.37. The van der Waals surface area contributed by atoms with Crippen LogP contribution in [0.25, 0.3) is 0 Å². The van der Waals surface area contributed by atoms with Gasteiger partial charge in [-0.05, 0) is 43.4 Å². The lowest BCUT2D eigenvalue weighted by atomic mass is 10.1. The Balaban J connectivity index is 2.44. The SMILES string of the molecule is Cc1c(Cl)cccc1C(=O)NCCCC(C)CBr. The predicted octanol–water partition coefficient (Wildman–Crippen LogP) is 4.19. The molecule has 0 radical (unpaired) electrons. The third kappa shape index (κ3) is 4.62. The van der Waals surface area contributed by atoms with Crippen molar-refractivity contribution in [2.75, 3.05) is 11.9 Å². The van der Waals surface area contributed by atoms with Crippen molar-refractivity contribution in [2.24, 2.45) is 5.92 Å². The maximum Gasteiger partial charge on any atom is 0.251 e. The van der Waals surface area contributed by atoms with Gasteiger partial charge in [0.15, 0.2) is 0 Å². The van der Waals surface area contributed by atoms with Gasteiger partial charge in [0.05, 0.1) is 0 Å². The van der Waals surface area contributed by atoms with E-state index in [4.69, 9.17) is 11.6 Å². The zero-order valence-corrected chi connectivity index (χ0v) is 13.1. The van der Waals surface area contributed by atoms with E-state index in [2.05, 4.69) is 28.2 Å². The summed E-state index contributed by atoms with van der Waals surface area (Å²) in [6, 6.07) is 5.40. The van der Waals surface area contributed by atoms with Crippen molar-refractivity contribution in [2.45, 2.75) is 26.7 Å². The van der Waals surface area contributed by atoms with E-state index in [1.54, 1.807) is 18.2 Å². The summed E-state index contributed by atoms with van der Waals surface area (Å²) in [4.78, 5) is 12.0. The summed E-state index contributed by atoms with van der Waals surface area (Å²) in [5.41, 5.74) is 1.50. The second kappa shape index (κ2) is 7.80.